The quantitative estimate of drug-likeness (QED) is 0.844. The number of carbonyl (C=O) groups excluding carboxylic acids is 3. The van der Waals surface area contributed by atoms with Gasteiger partial charge in [0.15, 0.2) is 0 Å². The zero-order valence-electron chi connectivity index (χ0n) is 14.6. The largest absolute Gasteiger partial charge is 0.491 e. The fourth-order valence-corrected chi connectivity index (χ4v) is 2.95. The Hall–Kier alpha value is -3.06. The molecular formula is C19H18ClN3O4. The standard InChI is InChI=1S/C19H18ClN3O4/c1-12(24)21-15-7-6-13(10-14(15)20)22-18(25)11-23-16-4-2-3-5-17(16)27-9-8-19(23)26/h2-7,10H,8-9,11H2,1H3,(H,21,24)(H,22,25). The molecule has 140 valence electrons. The van der Waals surface area contributed by atoms with Crippen molar-refractivity contribution >= 4 is 46.4 Å². The first kappa shape index (κ1) is 18.7. The number of halogens is 1. The monoisotopic (exact) mass is 387 g/mol. The summed E-state index contributed by atoms with van der Waals surface area (Å²) in [7, 11) is 0. The normalized spacial score (nSPS) is 13.3. The molecule has 2 aromatic rings. The Labute approximate surface area is 161 Å². The van der Waals surface area contributed by atoms with E-state index in [0.29, 0.717) is 27.8 Å². The van der Waals surface area contributed by atoms with E-state index in [9.17, 15) is 14.4 Å². The van der Waals surface area contributed by atoms with Gasteiger partial charge in [-0.05, 0) is 30.3 Å². The number of hydrogen-bond acceptors (Lipinski definition) is 4. The number of hydrogen-bond donors (Lipinski definition) is 2. The molecule has 27 heavy (non-hydrogen) atoms. The molecule has 0 spiro atoms. The molecule has 1 heterocycles. The number of nitrogens with zero attached hydrogens (tertiary/aromatic N) is 1. The molecule has 0 atom stereocenters. The van der Waals surface area contributed by atoms with Crippen LogP contribution in [0.1, 0.15) is 13.3 Å². The number of amides is 3. The molecule has 0 fully saturated rings. The lowest BCUT2D eigenvalue weighted by Gasteiger charge is -2.21. The van der Waals surface area contributed by atoms with Crippen LogP contribution in [-0.2, 0) is 14.4 Å². The molecule has 0 radical (unpaired) electrons. The molecule has 3 amide bonds. The van der Waals surface area contributed by atoms with Crippen LogP contribution in [0.15, 0.2) is 42.5 Å². The minimum atomic E-state index is -0.372. The predicted molar refractivity (Wildman–Crippen MR) is 103 cm³/mol. The Balaban J connectivity index is 1.73. The zero-order chi connectivity index (χ0) is 19.4. The summed E-state index contributed by atoms with van der Waals surface area (Å²) in [5.41, 5.74) is 1.48. The van der Waals surface area contributed by atoms with E-state index in [-0.39, 0.29) is 37.3 Å². The van der Waals surface area contributed by atoms with Crippen molar-refractivity contribution in [1.82, 2.24) is 0 Å². The Morgan fingerprint density at radius 3 is 2.70 bits per heavy atom. The summed E-state index contributed by atoms with van der Waals surface area (Å²) in [6, 6.07) is 11.9. The molecule has 0 aromatic heterocycles. The van der Waals surface area contributed by atoms with Gasteiger partial charge >= 0.3 is 0 Å². The number of ether oxygens (including phenoxy) is 1. The first-order chi connectivity index (χ1) is 12.9. The maximum atomic E-state index is 12.5. The van der Waals surface area contributed by atoms with Crippen molar-refractivity contribution in [3.05, 3.63) is 47.5 Å². The van der Waals surface area contributed by atoms with Crippen LogP contribution in [0.2, 0.25) is 5.02 Å². The van der Waals surface area contributed by atoms with E-state index < -0.39 is 0 Å². The molecular weight excluding hydrogens is 370 g/mol. The number of para-hydroxylation sites is 2. The molecule has 7 nitrogen and oxygen atoms in total. The highest BCUT2D eigenvalue weighted by Gasteiger charge is 2.25. The second kappa shape index (κ2) is 8.09. The summed E-state index contributed by atoms with van der Waals surface area (Å²) >= 11 is 6.11. The van der Waals surface area contributed by atoms with Gasteiger partial charge in [-0.1, -0.05) is 23.7 Å². The molecule has 1 aliphatic rings. The molecule has 0 saturated heterocycles. The van der Waals surface area contributed by atoms with Gasteiger partial charge in [0.2, 0.25) is 17.7 Å². The second-order valence-corrected chi connectivity index (χ2v) is 6.38. The van der Waals surface area contributed by atoms with Crippen molar-refractivity contribution in [3.63, 3.8) is 0 Å². The van der Waals surface area contributed by atoms with Gasteiger partial charge in [0.05, 0.1) is 29.4 Å². The first-order valence-electron chi connectivity index (χ1n) is 8.33. The van der Waals surface area contributed by atoms with Crippen molar-refractivity contribution in [1.29, 1.82) is 0 Å². The molecule has 0 bridgehead atoms. The molecule has 0 unspecified atom stereocenters. The van der Waals surface area contributed by atoms with Crippen molar-refractivity contribution in [2.45, 2.75) is 13.3 Å². The van der Waals surface area contributed by atoms with E-state index >= 15 is 0 Å². The number of fused-ring (bicyclic) bond motifs is 1. The van der Waals surface area contributed by atoms with E-state index in [4.69, 9.17) is 16.3 Å². The number of rotatable bonds is 4. The Bertz CT molecular complexity index is 900. The fraction of sp³-hybridized carbons (Fsp3) is 0.211. The van der Waals surface area contributed by atoms with Gasteiger partial charge in [0.25, 0.3) is 0 Å². The summed E-state index contributed by atoms with van der Waals surface area (Å²) in [5.74, 6) is -0.231. The molecule has 2 aromatic carbocycles. The average molecular weight is 388 g/mol. The first-order valence-corrected chi connectivity index (χ1v) is 8.71. The number of anilines is 3. The fourth-order valence-electron chi connectivity index (χ4n) is 2.72. The van der Waals surface area contributed by atoms with E-state index in [2.05, 4.69) is 10.6 Å². The third-order valence-corrected chi connectivity index (χ3v) is 4.21. The minimum Gasteiger partial charge on any atom is -0.491 e. The van der Waals surface area contributed by atoms with Crippen LogP contribution in [0.3, 0.4) is 0 Å². The van der Waals surface area contributed by atoms with Crippen LogP contribution < -0.4 is 20.3 Å². The van der Waals surface area contributed by atoms with Crippen LogP contribution >= 0.6 is 11.6 Å². The van der Waals surface area contributed by atoms with E-state index in [1.54, 1.807) is 30.3 Å². The maximum absolute atomic E-state index is 12.5. The van der Waals surface area contributed by atoms with Crippen molar-refractivity contribution in [2.24, 2.45) is 0 Å². The van der Waals surface area contributed by atoms with Gasteiger partial charge in [-0.15, -0.1) is 0 Å². The van der Waals surface area contributed by atoms with Crippen LogP contribution in [0.25, 0.3) is 0 Å². The summed E-state index contributed by atoms with van der Waals surface area (Å²) < 4.78 is 5.56. The zero-order valence-corrected chi connectivity index (χ0v) is 15.4. The van der Waals surface area contributed by atoms with Gasteiger partial charge in [-0.3, -0.25) is 19.3 Å². The van der Waals surface area contributed by atoms with Crippen LogP contribution in [-0.4, -0.2) is 30.9 Å². The Morgan fingerprint density at radius 1 is 1.19 bits per heavy atom. The third kappa shape index (κ3) is 4.57. The van der Waals surface area contributed by atoms with Crippen molar-refractivity contribution in [2.75, 3.05) is 28.7 Å². The summed E-state index contributed by atoms with van der Waals surface area (Å²) in [5, 5.41) is 5.60. The predicted octanol–water partition coefficient (Wildman–Crippen LogP) is 3.05. The lowest BCUT2D eigenvalue weighted by Crippen LogP contribution is -2.37. The SMILES string of the molecule is CC(=O)Nc1ccc(NC(=O)CN2C(=O)CCOc3ccccc32)cc1Cl. The number of benzene rings is 2. The molecule has 3 rings (SSSR count). The smallest absolute Gasteiger partial charge is 0.244 e. The van der Waals surface area contributed by atoms with Gasteiger partial charge in [0, 0.05) is 12.6 Å². The number of nitrogens with one attached hydrogen (secondary N) is 2. The van der Waals surface area contributed by atoms with Gasteiger partial charge in [0.1, 0.15) is 12.3 Å². The Morgan fingerprint density at radius 2 is 1.96 bits per heavy atom. The molecule has 1 aliphatic heterocycles. The average Bonchev–Trinajstić information content (AvgIpc) is 2.76. The third-order valence-electron chi connectivity index (χ3n) is 3.90. The minimum absolute atomic E-state index is 0.149. The van der Waals surface area contributed by atoms with Gasteiger partial charge in [-0.2, -0.15) is 0 Å². The molecule has 0 saturated carbocycles. The summed E-state index contributed by atoms with van der Waals surface area (Å²) in [6.45, 7) is 1.50. The van der Waals surface area contributed by atoms with Crippen molar-refractivity contribution < 1.29 is 19.1 Å². The van der Waals surface area contributed by atoms with Gasteiger partial charge in [-0.25, -0.2) is 0 Å². The van der Waals surface area contributed by atoms with Crippen molar-refractivity contribution in [3.8, 4) is 5.75 Å². The molecule has 0 aliphatic carbocycles. The lowest BCUT2D eigenvalue weighted by atomic mass is 10.2. The van der Waals surface area contributed by atoms with Crippen LogP contribution in [0, 0.1) is 0 Å². The number of carbonyl (C=O) groups is 3. The molecule has 8 heteroatoms. The highest BCUT2D eigenvalue weighted by Crippen LogP contribution is 2.31. The summed E-state index contributed by atoms with van der Waals surface area (Å²) in [4.78, 5) is 37.4. The maximum Gasteiger partial charge on any atom is 0.244 e. The van der Waals surface area contributed by atoms with Gasteiger partial charge < -0.3 is 15.4 Å². The molecule has 2 N–H and O–H groups in total. The van der Waals surface area contributed by atoms with E-state index in [1.165, 1.54) is 17.9 Å². The lowest BCUT2D eigenvalue weighted by molar-refractivity contribution is -0.121. The van der Waals surface area contributed by atoms with E-state index in [1.807, 2.05) is 6.07 Å². The Kier molecular flexibility index (Phi) is 5.61. The van der Waals surface area contributed by atoms with Crippen LogP contribution in [0.5, 0.6) is 5.75 Å². The van der Waals surface area contributed by atoms with E-state index in [0.717, 1.165) is 0 Å². The summed E-state index contributed by atoms with van der Waals surface area (Å²) in [6.07, 6.45) is 0.194. The highest BCUT2D eigenvalue weighted by molar-refractivity contribution is 6.34. The second-order valence-electron chi connectivity index (χ2n) is 5.97. The van der Waals surface area contributed by atoms with Crippen LogP contribution in [0.4, 0.5) is 17.1 Å². The highest BCUT2D eigenvalue weighted by atomic mass is 35.5. The topological polar surface area (TPSA) is 87.7 Å².